The van der Waals surface area contributed by atoms with Crippen molar-refractivity contribution in [3.63, 3.8) is 0 Å². The van der Waals surface area contributed by atoms with Crippen molar-refractivity contribution in [2.24, 2.45) is 5.73 Å². The van der Waals surface area contributed by atoms with Crippen LogP contribution in [0.25, 0.3) is 0 Å². The van der Waals surface area contributed by atoms with Gasteiger partial charge in [-0.1, -0.05) is 28.1 Å². The number of carbonyl (C=O) groups excluding carboxylic acids is 1. The molecule has 0 aromatic heterocycles. The van der Waals surface area contributed by atoms with E-state index in [1.54, 1.807) is 7.11 Å². The third-order valence-corrected chi connectivity index (χ3v) is 3.67. The van der Waals surface area contributed by atoms with Gasteiger partial charge in [0.15, 0.2) is 0 Å². The second kappa shape index (κ2) is 7.98. The molecular weight excluding hydrogens is 344 g/mol. The van der Waals surface area contributed by atoms with E-state index in [0.717, 1.165) is 22.9 Å². The van der Waals surface area contributed by atoms with E-state index in [1.165, 1.54) is 0 Å². The summed E-state index contributed by atoms with van der Waals surface area (Å²) < 4.78 is 5.99. The van der Waals surface area contributed by atoms with Gasteiger partial charge in [-0.05, 0) is 30.5 Å². The second-order valence-electron chi connectivity index (χ2n) is 4.89. The Labute approximate surface area is 134 Å². The maximum absolute atomic E-state index is 12.3. The highest BCUT2D eigenvalue weighted by molar-refractivity contribution is 9.10. The number of methoxy groups -OCH3 is 1. The van der Waals surface area contributed by atoms with Crippen LogP contribution in [0, 0.1) is 0 Å². The van der Waals surface area contributed by atoms with E-state index in [4.69, 9.17) is 10.5 Å². The molecule has 2 N–H and O–H groups in total. The number of nitrogens with zero attached hydrogens (tertiary/aromatic N) is 1. The number of amides is 1. The van der Waals surface area contributed by atoms with Crippen LogP contribution in [0.15, 0.2) is 28.7 Å². The number of hydrogen-bond acceptors (Lipinski definition) is 3. The summed E-state index contributed by atoms with van der Waals surface area (Å²) in [5.41, 5.74) is 6.96. The Bertz CT molecular complexity index is 455. The summed E-state index contributed by atoms with van der Waals surface area (Å²) in [4.78, 5) is 14.2. The molecule has 1 aliphatic carbocycles. The number of benzene rings is 1. The van der Waals surface area contributed by atoms with Gasteiger partial charge in [0.1, 0.15) is 6.04 Å². The van der Waals surface area contributed by atoms with Gasteiger partial charge < -0.3 is 15.4 Å². The van der Waals surface area contributed by atoms with Gasteiger partial charge in [-0.15, -0.1) is 12.4 Å². The van der Waals surface area contributed by atoms with Crippen molar-refractivity contribution in [2.75, 3.05) is 13.7 Å². The minimum atomic E-state index is -0.572. The SMILES string of the molecule is COCC(N)C(=O)N(Cc1cccc(Br)c1)C1CC1.Cl. The molecule has 1 aromatic rings. The molecule has 4 nitrogen and oxygen atoms in total. The number of rotatable bonds is 6. The molecular formula is C14H20BrClN2O2. The molecule has 0 heterocycles. The van der Waals surface area contributed by atoms with E-state index in [0.29, 0.717) is 12.6 Å². The highest BCUT2D eigenvalue weighted by atomic mass is 79.9. The first-order valence-corrected chi connectivity index (χ1v) is 7.20. The van der Waals surface area contributed by atoms with Crippen molar-refractivity contribution in [3.05, 3.63) is 34.3 Å². The van der Waals surface area contributed by atoms with Crippen molar-refractivity contribution in [2.45, 2.75) is 31.5 Å². The first-order chi connectivity index (χ1) is 9.11. The number of hydrogen-bond donors (Lipinski definition) is 1. The summed E-state index contributed by atoms with van der Waals surface area (Å²) in [6.45, 7) is 0.876. The van der Waals surface area contributed by atoms with E-state index < -0.39 is 6.04 Å². The number of carbonyl (C=O) groups is 1. The molecule has 0 spiro atoms. The molecule has 1 aromatic carbocycles. The number of halogens is 2. The summed E-state index contributed by atoms with van der Waals surface area (Å²) in [6.07, 6.45) is 2.14. The van der Waals surface area contributed by atoms with Crippen LogP contribution in [0.4, 0.5) is 0 Å². The molecule has 1 saturated carbocycles. The maximum Gasteiger partial charge on any atom is 0.242 e. The van der Waals surface area contributed by atoms with Crippen LogP contribution >= 0.6 is 28.3 Å². The molecule has 1 atom stereocenters. The van der Waals surface area contributed by atoms with Crippen LogP contribution in [-0.2, 0) is 16.1 Å². The third-order valence-electron chi connectivity index (χ3n) is 3.18. The molecule has 0 saturated heterocycles. The van der Waals surface area contributed by atoms with E-state index in [2.05, 4.69) is 15.9 Å². The lowest BCUT2D eigenvalue weighted by molar-refractivity contribution is -0.135. The fourth-order valence-electron chi connectivity index (χ4n) is 2.07. The Morgan fingerprint density at radius 2 is 2.25 bits per heavy atom. The predicted molar refractivity (Wildman–Crippen MR) is 84.8 cm³/mol. The van der Waals surface area contributed by atoms with Crippen LogP contribution in [0.1, 0.15) is 18.4 Å². The third kappa shape index (κ3) is 4.74. The van der Waals surface area contributed by atoms with E-state index in [9.17, 15) is 4.79 Å². The smallest absolute Gasteiger partial charge is 0.242 e. The van der Waals surface area contributed by atoms with Crippen LogP contribution in [-0.4, -0.2) is 36.6 Å². The zero-order valence-corrected chi connectivity index (χ0v) is 13.8. The van der Waals surface area contributed by atoms with Crippen molar-refractivity contribution < 1.29 is 9.53 Å². The summed E-state index contributed by atoms with van der Waals surface area (Å²) in [5, 5.41) is 0. The topological polar surface area (TPSA) is 55.6 Å². The first-order valence-electron chi connectivity index (χ1n) is 6.41. The molecule has 0 radical (unpaired) electrons. The monoisotopic (exact) mass is 362 g/mol. The Kier molecular flexibility index (Phi) is 6.95. The fraction of sp³-hybridized carbons (Fsp3) is 0.500. The Morgan fingerprint density at radius 3 is 2.80 bits per heavy atom. The van der Waals surface area contributed by atoms with Crippen LogP contribution < -0.4 is 5.73 Å². The van der Waals surface area contributed by atoms with Gasteiger partial charge in [-0.3, -0.25) is 4.79 Å². The second-order valence-corrected chi connectivity index (χ2v) is 5.80. The summed E-state index contributed by atoms with van der Waals surface area (Å²) in [5.74, 6) is -0.0238. The molecule has 1 amide bonds. The van der Waals surface area contributed by atoms with E-state index >= 15 is 0 Å². The zero-order chi connectivity index (χ0) is 13.8. The first kappa shape index (κ1) is 17.4. The van der Waals surface area contributed by atoms with Crippen molar-refractivity contribution in [3.8, 4) is 0 Å². The lowest BCUT2D eigenvalue weighted by Crippen LogP contribution is -2.46. The Hall–Kier alpha value is -0.620. The van der Waals surface area contributed by atoms with E-state index in [-0.39, 0.29) is 24.9 Å². The maximum atomic E-state index is 12.3. The molecule has 2 rings (SSSR count). The molecule has 0 bridgehead atoms. The molecule has 1 fully saturated rings. The molecule has 20 heavy (non-hydrogen) atoms. The van der Waals surface area contributed by atoms with Gasteiger partial charge in [0, 0.05) is 24.2 Å². The predicted octanol–water partition coefficient (Wildman–Crippen LogP) is 2.34. The van der Waals surface area contributed by atoms with Crippen LogP contribution in [0.2, 0.25) is 0 Å². The molecule has 0 aliphatic heterocycles. The number of ether oxygens (including phenoxy) is 1. The highest BCUT2D eigenvalue weighted by Crippen LogP contribution is 2.29. The quantitative estimate of drug-likeness (QED) is 0.844. The average molecular weight is 364 g/mol. The lowest BCUT2D eigenvalue weighted by Gasteiger charge is -2.25. The van der Waals surface area contributed by atoms with Crippen LogP contribution in [0.5, 0.6) is 0 Å². The molecule has 1 unspecified atom stereocenters. The van der Waals surface area contributed by atoms with Gasteiger partial charge in [-0.2, -0.15) is 0 Å². The largest absolute Gasteiger partial charge is 0.383 e. The summed E-state index contributed by atoms with van der Waals surface area (Å²) >= 11 is 3.45. The summed E-state index contributed by atoms with van der Waals surface area (Å²) in [7, 11) is 1.56. The van der Waals surface area contributed by atoms with Crippen LogP contribution in [0.3, 0.4) is 0 Å². The minimum absolute atomic E-state index is 0. The lowest BCUT2D eigenvalue weighted by atomic mass is 10.2. The zero-order valence-electron chi connectivity index (χ0n) is 11.4. The van der Waals surface area contributed by atoms with E-state index in [1.807, 2.05) is 29.2 Å². The minimum Gasteiger partial charge on any atom is -0.383 e. The van der Waals surface area contributed by atoms with Gasteiger partial charge in [-0.25, -0.2) is 0 Å². The molecule has 1 aliphatic rings. The van der Waals surface area contributed by atoms with Crippen molar-refractivity contribution in [1.82, 2.24) is 4.90 Å². The molecule has 112 valence electrons. The normalized spacial score (nSPS) is 15.3. The summed E-state index contributed by atoms with van der Waals surface area (Å²) in [6, 6.07) is 7.78. The van der Waals surface area contributed by atoms with Gasteiger partial charge >= 0.3 is 0 Å². The Balaban J connectivity index is 0.00000200. The van der Waals surface area contributed by atoms with Gasteiger partial charge in [0.05, 0.1) is 6.61 Å². The number of nitrogens with two attached hydrogens (primary N) is 1. The fourth-order valence-corrected chi connectivity index (χ4v) is 2.52. The van der Waals surface area contributed by atoms with Crippen molar-refractivity contribution in [1.29, 1.82) is 0 Å². The van der Waals surface area contributed by atoms with Gasteiger partial charge in [0.25, 0.3) is 0 Å². The average Bonchev–Trinajstić information content (AvgIpc) is 3.20. The Morgan fingerprint density at radius 1 is 1.55 bits per heavy atom. The standard InChI is InChI=1S/C14H19BrN2O2.ClH/c1-19-9-13(16)14(18)17(12-5-6-12)8-10-3-2-4-11(15)7-10;/h2-4,7,12-13H,5-6,8-9,16H2,1H3;1H. The van der Waals surface area contributed by atoms with Gasteiger partial charge in [0.2, 0.25) is 5.91 Å². The van der Waals surface area contributed by atoms with Crippen molar-refractivity contribution >= 4 is 34.2 Å². The molecule has 6 heteroatoms. The highest BCUT2D eigenvalue weighted by Gasteiger charge is 2.34.